The molecule has 4 nitrogen and oxygen atoms in total. The zero-order valence-electron chi connectivity index (χ0n) is 9.06. The molecule has 1 heterocycles. The van der Waals surface area contributed by atoms with Crippen molar-refractivity contribution in [3.05, 3.63) is 36.2 Å². The minimum absolute atomic E-state index is 0.277. The Balaban J connectivity index is 2.63. The van der Waals surface area contributed by atoms with Crippen LogP contribution in [-0.4, -0.2) is 25.2 Å². The lowest BCUT2D eigenvalue weighted by Gasteiger charge is -2.05. The van der Waals surface area contributed by atoms with Crippen molar-refractivity contribution in [2.45, 2.75) is 0 Å². The van der Waals surface area contributed by atoms with Gasteiger partial charge in [-0.25, -0.2) is 9.78 Å². The first-order valence-corrected chi connectivity index (χ1v) is 4.77. The summed E-state index contributed by atoms with van der Waals surface area (Å²) in [7, 11) is 2.92. The third-order valence-corrected chi connectivity index (χ3v) is 2.34. The normalized spacial score (nSPS) is 10.1. The fraction of sp³-hybridized carbons (Fsp3) is 0.167. The molecular weight excluding hydrogens is 206 g/mol. The number of fused-ring (bicyclic) bond motifs is 1. The smallest absolute Gasteiger partial charge is 0.356 e. The maximum Gasteiger partial charge on any atom is 0.356 e. The molecule has 82 valence electrons. The van der Waals surface area contributed by atoms with E-state index in [4.69, 9.17) is 4.74 Å². The van der Waals surface area contributed by atoms with E-state index in [2.05, 4.69) is 9.72 Å². The summed E-state index contributed by atoms with van der Waals surface area (Å²) >= 11 is 0. The van der Waals surface area contributed by atoms with E-state index in [9.17, 15) is 4.79 Å². The van der Waals surface area contributed by atoms with Gasteiger partial charge < -0.3 is 9.47 Å². The lowest BCUT2D eigenvalue weighted by atomic mass is 10.1. The largest absolute Gasteiger partial charge is 0.496 e. The maximum atomic E-state index is 11.3. The Kier molecular flexibility index (Phi) is 2.72. The molecular formula is C12H11NO3. The van der Waals surface area contributed by atoms with Gasteiger partial charge in [-0.05, 0) is 12.1 Å². The molecule has 0 spiro atoms. The molecule has 0 aliphatic rings. The summed E-state index contributed by atoms with van der Waals surface area (Å²) < 4.78 is 9.83. The molecule has 0 unspecified atom stereocenters. The van der Waals surface area contributed by atoms with E-state index in [1.54, 1.807) is 19.4 Å². The highest BCUT2D eigenvalue weighted by molar-refractivity contribution is 5.95. The molecule has 1 aromatic heterocycles. The summed E-state index contributed by atoms with van der Waals surface area (Å²) in [6.07, 6.45) is 1.63. The third kappa shape index (κ3) is 1.69. The number of carbonyl (C=O) groups is 1. The van der Waals surface area contributed by atoms with Crippen LogP contribution in [0.5, 0.6) is 5.75 Å². The van der Waals surface area contributed by atoms with Gasteiger partial charge in [0.2, 0.25) is 0 Å². The molecule has 2 rings (SSSR count). The van der Waals surface area contributed by atoms with Crippen LogP contribution < -0.4 is 4.74 Å². The van der Waals surface area contributed by atoms with Crippen LogP contribution >= 0.6 is 0 Å². The Morgan fingerprint density at radius 3 is 2.81 bits per heavy atom. The van der Waals surface area contributed by atoms with Crippen LogP contribution in [0.1, 0.15) is 10.5 Å². The van der Waals surface area contributed by atoms with Gasteiger partial charge in [-0.1, -0.05) is 12.1 Å². The average molecular weight is 217 g/mol. The van der Waals surface area contributed by atoms with Gasteiger partial charge in [0, 0.05) is 17.0 Å². The topological polar surface area (TPSA) is 48.4 Å². The molecule has 0 N–H and O–H groups in total. The summed E-state index contributed by atoms with van der Waals surface area (Å²) in [6, 6.07) is 7.29. The number of hydrogen-bond acceptors (Lipinski definition) is 4. The quantitative estimate of drug-likeness (QED) is 0.722. The summed E-state index contributed by atoms with van der Waals surface area (Å²) in [5, 5.41) is 1.77. The third-order valence-electron chi connectivity index (χ3n) is 2.34. The van der Waals surface area contributed by atoms with Gasteiger partial charge in [0.05, 0.1) is 14.2 Å². The number of rotatable bonds is 2. The second-order valence-electron chi connectivity index (χ2n) is 3.24. The van der Waals surface area contributed by atoms with Gasteiger partial charge >= 0.3 is 5.97 Å². The van der Waals surface area contributed by atoms with Gasteiger partial charge in [0.15, 0.2) is 0 Å². The van der Waals surface area contributed by atoms with Crippen LogP contribution in [0, 0.1) is 0 Å². The maximum absolute atomic E-state index is 11.3. The average Bonchev–Trinajstić information content (AvgIpc) is 2.36. The van der Waals surface area contributed by atoms with E-state index in [0.717, 1.165) is 10.8 Å². The van der Waals surface area contributed by atoms with E-state index >= 15 is 0 Å². The van der Waals surface area contributed by atoms with Gasteiger partial charge in [-0.2, -0.15) is 0 Å². The van der Waals surface area contributed by atoms with Crippen molar-refractivity contribution in [2.75, 3.05) is 14.2 Å². The van der Waals surface area contributed by atoms with Crippen LogP contribution in [0.3, 0.4) is 0 Å². The van der Waals surface area contributed by atoms with Crippen molar-refractivity contribution < 1.29 is 14.3 Å². The summed E-state index contributed by atoms with van der Waals surface area (Å²) in [6.45, 7) is 0. The van der Waals surface area contributed by atoms with E-state index in [-0.39, 0.29) is 5.69 Å². The second-order valence-corrected chi connectivity index (χ2v) is 3.24. The fourth-order valence-corrected chi connectivity index (χ4v) is 1.54. The highest BCUT2D eigenvalue weighted by Crippen LogP contribution is 2.25. The van der Waals surface area contributed by atoms with Gasteiger partial charge in [0.25, 0.3) is 0 Å². The van der Waals surface area contributed by atoms with Crippen LogP contribution in [0.25, 0.3) is 10.8 Å². The predicted molar refractivity (Wildman–Crippen MR) is 59.6 cm³/mol. The number of carbonyl (C=O) groups excluding carboxylic acids is 1. The molecule has 0 fully saturated rings. The van der Waals surface area contributed by atoms with Crippen LogP contribution in [0.15, 0.2) is 30.5 Å². The Bertz CT molecular complexity index is 537. The lowest BCUT2D eigenvalue weighted by Crippen LogP contribution is -2.03. The van der Waals surface area contributed by atoms with Crippen molar-refractivity contribution >= 4 is 16.7 Å². The number of aromatic nitrogens is 1. The van der Waals surface area contributed by atoms with Crippen LogP contribution in [0.2, 0.25) is 0 Å². The Morgan fingerprint density at radius 1 is 1.31 bits per heavy atom. The van der Waals surface area contributed by atoms with Crippen molar-refractivity contribution in [1.29, 1.82) is 0 Å². The standard InChI is InChI=1S/C12H11NO3/c1-15-11-5-3-4-8-7-13-10(6-9(8)11)12(14)16-2/h3-7H,1-2H3. The second kappa shape index (κ2) is 4.18. The van der Waals surface area contributed by atoms with E-state index in [0.29, 0.717) is 5.75 Å². The zero-order chi connectivity index (χ0) is 11.5. The van der Waals surface area contributed by atoms with Crippen molar-refractivity contribution in [3.63, 3.8) is 0 Å². The number of nitrogens with zero attached hydrogens (tertiary/aromatic N) is 1. The molecule has 0 saturated heterocycles. The predicted octanol–water partition coefficient (Wildman–Crippen LogP) is 2.03. The van der Waals surface area contributed by atoms with Crippen molar-refractivity contribution in [1.82, 2.24) is 4.98 Å². The van der Waals surface area contributed by atoms with E-state index < -0.39 is 5.97 Å². The summed E-state index contributed by atoms with van der Waals surface area (Å²) in [5.41, 5.74) is 0.277. The Labute approximate surface area is 92.8 Å². The Hall–Kier alpha value is -2.10. The fourth-order valence-electron chi connectivity index (χ4n) is 1.54. The molecule has 0 bridgehead atoms. The Morgan fingerprint density at radius 2 is 2.12 bits per heavy atom. The number of esters is 1. The van der Waals surface area contributed by atoms with Crippen LogP contribution in [0.4, 0.5) is 0 Å². The lowest BCUT2D eigenvalue weighted by molar-refractivity contribution is 0.0594. The molecule has 0 radical (unpaired) electrons. The summed E-state index contributed by atoms with van der Waals surface area (Å²) in [4.78, 5) is 15.4. The first-order valence-electron chi connectivity index (χ1n) is 4.77. The molecule has 1 aromatic carbocycles. The number of ether oxygens (including phenoxy) is 2. The first kappa shape index (κ1) is 10.4. The van der Waals surface area contributed by atoms with E-state index in [1.807, 2.05) is 18.2 Å². The minimum Gasteiger partial charge on any atom is -0.496 e. The summed E-state index contributed by atoms with van der Waals surface area (Å²) in [5.74, 6) is 0.262. The zero-order valence-corrected chi connectivity index (χ0v) is 9.06. The van der Waals surface area contributed by atoms with Gasteiger partial charge in [-0.3, -0.25) is 0 Å². The molecule has 0 atom stereocenters. The molecule has 2 aromatic rings. The molecule has 0 aliphatic carbocycles. The molecule has 0 saturated carbocycles. The number of methoxy groups -OCH3 is 2. The first-order chi connectivity index (χ1) is 7.76. The van der Waals surface area contributed by atoms with Crippen molar-refractivity contribution in [3.8, 4) is 5.75 Å². The minimum atomic E-state index is -0.451. The van der Waals surface area contributed by atoms with Gasteiger partial charge in [0.1, 0.15) is 11.4 Å². The van der Waals surface area contributed by atoms with E-state index in [1.165, 1.54) is 7.11 Å². The molecule has 0 aliphatic heterocycles. The number of hydrogen-bond donors (Lipinski definition) is 0. The van der Waals surface area contributed by atoms with Crippen LogP contribution in [-0.2, 0) is 4.74 Å². The number of benzene rings is 1. The SMILES string of the molecule is COC(=O)c1cc2c(OC)cccc2cn1. The molecule has 4 heteroatoms. The monoisotopic (exact) mass is 217 g/mol. The van der Waals surface area contributed by atoms with Gasteiger partial charge in [-0.15, -0.1) is 0 Å². The number of pyridine rings is 1. The highest BCUT2D eigenvalue weighted by atomic mass is 16.5. The molecule has 16 heavy (non-hydrogen) atoms. The molecule has 0 amide bonds. The highest BCUT2D eigenvalue weighted by Gasteiger charge is 2.09. The van der Waals surface area contributed by atoms with Crippen molar-refractivity contribution in [2.24, 2.45) is 0 Å².